The van der Waals surface area contributed by atoms with Gasteiger partial charge >= 0.3 is 5.97 Å². The van der Waals surface area contributed by atoms with E-state index in [-0.39, 0.29) is 23.7 Å². The lowest BCUT2D eigenvalue weighted by Gasteiger charge is -2.42. The SMILES string of the molecule is CCCCC(=O)OCC(=O)Nc1sc2c(c1C#N)CC(C)(C)NC2(C)C. The van der Waals surface area contributed by atoms with Crippen molar-refractivity contribution in [3.63, 3.8) is 0 Å². The Bertz CT molecular complexity index is 744. The molecule has 7 heteroatoms. The van der Waals surface area contributed by atoms with Crippen LogP contribution in [0.4, 0.5) is 5.00 Å². The Labute approximate surface area is 158 Å². The molecule has 26 heavy (non-hydrogen) atoms. The highest BCUT2D eigenvalue weighted by Crippen LogP contribution is 2.44. The Kier molecular flexibility index (Phi) is 6.09. The third kappa shape index (κ3) is 4.63. The largest absolute Gasteiger partial charge is 0.456 e. The van der Waals surface area contributed by atoms with E-state index in [0.717, 1.165) is 23.3 Å². The number of unbranched alkanes of at least 4 members (excludes halogenated alkanes) is 1. The van der Waals surface area contributed by atoms with E-state index in [1.54, 1.807) is 0 Å². The first kappa shape index (κ1) is 20.4. The highest BCUT2D eigenvalue weighted by Gasteiger charge is 2.40. The number of ether oxygens (including phenoxy) is 1. The van der Waals surface area contributed by atoms with Gasteiger partial charge in [0.05, 0.1) is 5.56 Å². The number of esters is 1. The third-order valence-electron chi connectivity index (χ3n) is 4.31. The molecular weight excluding hydrogens is 350 g/mol. The summed E-state index contributed by atoms with van der Waals surface area (Å²) < 4.78 is 4.99. The lowest BCUT2D eigenvalue weighted by molar-refractivity contribution is -0.147. The maximum atomic E-state index is 12.2. The second-order valence-corrected chi connectivity index (χ2v) is 8.87. The zero-order chi connectivity index (χ0) is 19.5. The van der Waals surface area contributed by atoms with Crippen LogP contribution in [-0.2, 0) is 26.3 Å². The molecule has 2 heterocycles. The molecule has 0 bridgehead atoms. The molecule has 0 spiro atoms. The Hall–Kier alpha value is -1.91. The summed E-state index contributed by atoms with van der Waals surface area (Å²) in [7, 11) is 0. The van der Waals surface area contributed by atoms with E-state index in [1.165, 1.54) is 11.3 Å². The number of hydrogen-bond donors (Lipinski definition) is 2. The summed E-state index contributed by atoms with van der Waals surface area (Å²) in [4.78, 5) is 24.8. The van der Waals surface area contributed by atoms with Crippen molar-refractivity contribution < 1.29 is 14.3 Å². The van der Waals surface area contributed by atoms with Gasteiger partial charge in [-0.05, 0) is 46.1 Å². The fraction of sp³-hybridized carbons (Fsp3) is 0.632. The van der Waals surface area contributed by atoms with Crippen LogP contribution in [0, 0.1) is 11.3 Å². The van der Waals surface area contributed by atoms with Crippen molar-refractivity contribution in [2.75, 3.05) is 11.9 Å². The smallest absolute Gasteiger partial charge is 0.306 e. The van der Waals surface area contributed by atoms with Crippen LogP contribution >= 0.6 is 11.3 Å². The molecule has 0 radical (unpaired) electrons. The van der Waals surface area contributed by atoms with Gasteiger partial charge in [-0.3, -0.25) is 9.59 Å². The zero-order valence-corrected chi connectivity index (χ0v) is 16.9. The van der Waals surface area contributed by atoms with Crippen LogP contribution < -0.4 is 10.6 Å². The predicted molar refractivity (Wildman–Crippen MR) is 102 cm³/mol. The number of fused-ring (bicyclic) bond motifs is 1. The fourth-order valence-electron chi connectivity index (χ4n) is 3.44. The molecule has 1 aromatic heterocycles. The van der Waals surface area contributed by atoms with Gasteiger partial charge in [0.2, 0.25) is 0 Å². The van der Waals surface area contributed by atoms with Gasteiger partial charge in [-0.1, -0.05) is 13.3 Å². The quantitative estimate of drug-likeness (QED) is 0.741. The van der Waals surface area contributed by atoms with Crippen molar-refractivity contribution in [3.8, 4) is 6.07 Å². The zero-order valence-electron chi connectivity index (χ0n) is 16.1. The van der Waals surface area contributed by atoms with E-state index in [4.69, 9.17) is 4.74 Å². The average Bonchev–Trinajstić information content (AvgIpc) is 2.86. The predicted octanol–water partition coefficient (Wildman–Crippen LogP) is 3.45. The summed E-state index contributed by atoms with van der Waals surface area (Å²) in [5, 5.41) is 16.5. The van der Waals surface area contributed by atoms with Crippen molar-refractivity contribution in [2.45, 2.75) is 71.4 Å². The summed E-state index contributed by atoms with van der Waals surface area (Å²) >= 11 is 1.41. The number of nitriles is 1. The van der Waals surface area contributed by atoms with E-state index in [1.807, 2.05) is 6.92 Å². The van der Waals surface area contributed by atoms with E-state index >= 15 is 0 Å². The van der Waals surface area contributed by atoms with E-state index in [0.29, 0.717) is 23.4 Å². The number of hydrogen-bond acceptors (Lipinski definition) is 6. The monoisotopic (exact) mass is 377 g/mol. The normalized spacial score (nSPS) is 17.1. The van der Waals surface area contributed by atoms with Gasteiger partial charge in [0.25, 0.3) is 5.91 Å². The maximum Gasteiger partial charge on any atom is 0.306 e. The first-order valence-electron chi connectivity index (χ1n) is 8.90. The van der Waals surface area contributed by atoms with Crippen LogP contribution in [0.25, 0.3) is 0 Å². The van der Waals surface area contributed by atoms with Gasteiger partial charge in [0.15, 0.2) is 6.61 Å². The van der Waals surface area contributed by atoms with Gasteiger partial charge in [0, 0.05) is 22.4 Å². The van der Waals surface area contributed by atoms with Gasteiger partial charge in [-0.25, -0.2) is 0 Å². The minimum absolute atomic E-state index is 0.140. The van der Waals surface area contributed by atoms with Crippen LogP contribution in [0.1, 0.15) is 69.9 Å². The maximum absolute atomic E-state index is 12.2. The van der Waals surface area contributed by atoms with Crippen LogP contribution in [-0.4, -0.2) is 24.0 Å². The lowest BCUT2D eigenvalue weighted by Crippen LogP contribution is -2.54. The van der Waals surface area contributed by atoms with Gasteiger partial charge < -0.3 is 15.4 Å². The Morgan fingerprint density at radius 2 is 2.04 bits per heavy atom. The van der Waals surface area contributed by atoms with Crippen LogP contribution in [0.5, 0.6) is 0 Å². The number of carbonyl (C=O) groups is 2. The molecule has 1 amide bonds. The molecule has 1 aliphatic heterocycles. The van der Waals surface area contributed by atoms with Crippen molar-refractivity contribution >= 4 is 28.2 Å². The first-order valence-corrected chi connectivity index (χ1v) is 9.72. The molecule has 6 nitrogen and oxygen atoms in total. The first-order chi connectivity index (χ1) is 12.1. The van der Waals surface area contributed by atoms with E-state index in [2.05, 4.69) is 44.4 Å². The molecule has 1 aliphatic rings. The Morgan fingerprint density at radius 3 is 2.65 bits per heavy atom. The number of anilines is 1. The minimum Gasteiger partial charge on any atom is -0.456 e. The van der Waals surface area contributed by atoms with Crippen molar-refractivity contribution in [2.24, 2.45) is 0 Å². The van der Waals surface area contributed by atoms with Crippen LogP contribution in [0.3, 0.4) is 0 Å². The highest BCUT2D eigenvalue weighted by atomic mass is 32.1. The third-order valence-corrected chi connectivity index (χ3v) is 5.78. The molecule has 0 atom stereocenters. The summed E-state index contributed by atoms with van der Waals surface area (Å²) in [5.41, 5.74) is 1.07. The Morgan fingerprint density at radius 1 is 1.35 bits per heavy atom. The number of carbonyl (C=O) groups excluding carboxylic acids is 2. The van der Waals surface area contributed by atoms with Crippen molar-refractivity contribution in [1.29, 1.82) is 5.26 Å². The Balaban J connectivity index is 2.14. The summed E-state index contributed by atoms with van der Waals surface area (Å²) in [6.45, 7) is 10.0. The number of amides is 1. The lowest BCUT2D eigenvalue weighted by atomic mass is 9.81. The topological polar surface area (TPSA) is 91.2 Å². The second kappa shape index (κ2) is 7.77. The molecular formula is C19H27N3O3S. The molecule has 142 valence electrons. The van der Waals surface area contributed by atoms with Crippen molar-refractivity contribution in [1.82, 2.24) is 5.32 Å². The number of thiophene rings is 1. The molecule has 0 fully saturated rings. The molecule has 2 N–H and O–H groups in total. The van der Waals surface area contributed by atoms with E-state index < -0.39 is 5.91 Å². The van der Waals surface area contributed by atoms with Gasteiger partial charge in [-0.2, -0.15) is 5.26 Å². The summed E-state index contributed by atoms with van der Waals surface area (Å²) in [6.07, 6.45) is 2.67. The second-order valence-electron chi connectivity index (χ2n) is 7.85. The minimum atomic E-state index is -0.421. The summed E-state index contributed by atoms with van der Waals surface area (Å²) in [6, 6.07) is 2.24. The number of nitrogens with one attached hydrogen (secondary N) is 2. The van der Waals surface area contributed by atoms with Gasteiger partial charge in [-0.15, -0.1) is 11.3 Å². The fourth-order valence-corrected chi connectivity index (χ4v) is 4.68. The molecule has 0 saturated heterocycles. The number of nitrogens with zero attached hydrogens (tertiary/aromatic N) is 1. The van der Waals surface area contributed by atoms with Gasteiger partial charge in [0.1, 0.15) is 11.1 Å². The van der Waals surface area contributed by atoms with Crippen molar-refractivity contribution in [3.05, 3.63) is 16.0 Å². The number of rotatable bonds is 6. The highest BCUT2D eigenvalue weighted by molar-refractivity contribution is 7.17. The summed E-state index contributed by atoms with van der Waals surface area (Å²) in [5.74, 6) is -0.796. The molecule has 0 saturated carbocycles. The van der Waals surface area contributed by atoms with Crippen LogP contribution in [0.2, 0.25) is 0 Å². The molecule has 0 unspecified atom stereocenters. The molecule has 2 rings (SSSR count). The molecule has 0 aromatic carbocycles. The standard InChI is InChI=1S/C19H27N3O3S/c1-6-7-8-15(24)25-11-14(23)21-17-13(10-20)12-9-18(2,3)22-19(4,5)16(12)26-17/h22H,6-9,11H2,1-5H3,(H,21,23). The molecule has 0 aliphatic carbocycles. The molecule has 1 aromatic rings. The van der Waals surface area contributed by atoms with Crippen LogP contribution in [0.15, 0.2) is 0 Å². The van der Waals surface area contributed by atoms with E-state index in [9.17, 15) is 14.9 Å². The average molecular weight is 378 g/mol.